The Labute approximate surface area is 107 Å². The monoisotopic (exact) mass is 270 g/mol. The first-order valence-corrected chi connectivity index (χ1v) is 7.64. The van der Waals surface area contributed by atoms with Crippen molar-refractivity contribution in [3.8, 4) is 0 Å². The van der Waals surface area contributed by atoms with E-state index in [1.807, 2.05) is 6.92 Å². The Hall–Kier alpha value is -1.21. The van der Waals surface area contributed by atoms with Crippen LogP contribution in [0.15, 0.2) is 17.3 Å². The Morgan fingerprint density at radius 1 is 1.28 bits per heavy atom. The second kappa shape index (κ2) is 5.62. The number of anilines is 1. The highest BCUT2D eigenvalue weighted by atomic mass is 32.2. The van der Waals surface area contributed by atoms with Gasteiger partial charge in [0.25, 0.3) is 0 Å². The van der Waals surface area contributed by atoms with Crippen molar-refractivity contribution in [2.45, 2.75) is 31.1 Å². The standard InChI is InChI=1S/C11H18N4O2S/c1-2-5-12-11-13-8-10(9-14-11)18(16,17)15-6-3-4-7-15/h8-9H,2-7H2,1H3,(H,12,13,14). The molecule has 0 atom stereocenters. The lowest BCUT2D eigenvalue weighted by molar-refractivity contribution is 0.477. The van der Waals surface area contributed by atoms with E-state index in [2.05, 4.69) is 15.3 Å². The SMILES string of the molecule is CCCNc1ncc(S(=O)(=O)N2CCCC2)cn1. The zero-order valence-corrected chi connectivity index (χ0v) is 11.3. The Balaban J connectivity index is 2.13. The summed E-state index contributed by atoms with van der Waals surface area (Å²) in [7, 11) is -3.40. The Bertz CT molecular complexity index is 480. The lowest BCUT2D eigenvalue weighted by Crippen LogP contribution is -2.28. The van der Waals surface area contributed by atoms with Crippen LogP contribution < -0.4 is 5.32 Å². The van der Waals surface area contributed by atoms with Gasteiger partial charge in [-0.15, -0.1) is 0 Å². The predicted octanol–water partition coefficient (Wildman–Crippen LogP) is 1.08. The van der Waals surface area contributed by atoms with Gasteiger partial charge in [0.1, 0.15) is 4.90 Å². The summed E-state index contributed by atoms with van der Waals surface area (Å²) in [6, 6.07) is 0. The largest absolute Gasteiger partial charge is 0.354 e. The molecule has 0 aliphatic carbocycles. The van der Waals surface area contributed by atoms with Crippen molar-refractivity contribution < 1.29 is 8.42 Å². The van der Waals surface area contributed by atoms with Crippen molar-refractivity contribution in [2.24, 2.45) is 0 Å². The average molecular weight is 270 g/mol. The van der Waals surface area contributed by atoms with Crippen molar-refractivity contribution in [2.75, 3.05) is 25.0 Å². The maximum atomic E-state index is 12.2. The molecule has 2 heterocycles. The average Bonchev–Trinajstić information content (AvgIpc) is 2.91. The van der Waals surface area contributed by atoms with Gasteiger partial charge in [-0.05, 0) is 19.3 Å². The van der Waals surface area contributed by atoms with E-state index in [4.69, 9.17) is 0 Å². The molecule has 1 aromatic rings. The van der Waals surface area contributed by atoms with Crippen LogP contribution in [0.25, 0.3) is 0 Å². The number of rotatable bonds is 5. The van der Waals surface area contributed by atoms with Gasteiger partial charge in [-0.3, -0.25) is 0 Å². The molecule has 1 aromatic heterocycles. The van der Waals surface area contributed by atoms with E-state index in [1.165, 1.54) is 16.7 Å². The van der Waals surface area contributed by atoms with Crippen molar-refractivity contribution in [3.63, 3.8) is 0 Å². The summed E-state index contributed by atoms with van der Waals surface area (Å²) in [6.45, 7) is 4.01. The third kappa shape index (κ3) is 2.78. The van der Waals surface area contributed by atoms with E-state index >= 15 is 0 Å². The molecular formula is C11H18N4O2S. The van der Waals surface area contributed by atoms with Gasteiger partial charge in [0.2, 0.25) is 16.0 Å². The fourth-order valence-corrected chi connectivity index (χ4v) is 3.26. The normalized spacial score (nSPS) is 16.9. The molecular weight excluding hydrogens is 252 g/mol. The van der Waals surface area contributed by atoms with Crippen molar-refractivity contribution in [1.82, 2.24) is 14.3 Å². The summed E-state index contributed by atoms with van der Waals surface area (Å²) in [5, 5.41) is 3.01. The molecule has 1 saturated heterocycles. The highest BCUT2D eigenvalue weighted by molar-refractivity contribution is 7.89. The van der Waals surface area contributed by atoms with E-state index in [9.17, 15) is 8.42 Å². The first-order valence-electron chi connectivity index (χ1n) is 6.20. The molecule has 0 unspecified atom stereocenters. The Morgan fingerprint density at radius 3 is 2.44 bits per heavy atom. The smallest absolute Gasteiger partial charge is 0.246 e. The third-order valence-electron chi connectivity index (χ3n) is 2.86. The first kappa shape index (κ1) is 13.2. The van der Waals surface area contributed by atoms with E-state index in [0.717, 1.165) is 25.8 Å². The van der Waals surface area contributed by atoms with E-state index in [-0.39, 0.29) is 4.90 Å². The molecule has 100 valence electrons. The molecule has 1 fully saturated rings. The summed E-state index contributed by atoms with van der Waals surface area (Å²) in [4.78, 5) is 8.22. The van der Waals surface area contributed by atoms with E-state index in [1.54, 1.807) is 0 Å². The summed E-state index contributed by atoms with van der Waals surface area (Å²) >= 11 is 0. The van der Waals surface area contributed by atoms with Crippen LogP contribution in [0.5, 0.6) is 0 Å². The molecule has 18 heavy (non-hydrogen) atoms. The fraction of sp³-hybridized carbons (Fsp3) is 0.636. The number of nitrogens with one attached hydrogen (secondary N) is 1. The lowest BCUT2D eigenvalue weighted by Gasteiger charge is -2.14. The fourth-order valence-electron chi connectivity index (χ4n) is 1.86. The minimum Gasteiger partial charge on any atom is -0.354 e. The molecule has 1 aliphatic heterocycles. The van der Waals surface area contributed by atoms with Crippen LogP contribution in [0.4, 0.5) is 5.95 Å². The highest BCUT2D eigenvalue weighted by Crippen LogP contribution is 2.19. The topological polar surface area (TPSA) is 75.2 Å². The lowest BCUT2D eigenvalue weighted by atomic mass is 10.4. The molecule has 7 heteroatoms. The zero-order chi connectivity index (χ0) is 13.0. The molecule has 0 bridgehead atoms. The highest BCUT2D eigenvalue weighted by Gasteiger charge is 2.27. The number of aromatic nitrogens is 2. The van der Waals surface area contributed by atoms with Gasteiger partial charge in [0.05, 0.1) is 12.4 Å². The summed E-state index contributed by atoms with van der Waals surface area (Å²) in [5.41, 5.74) is 0. The quantitative estimate of drug-likeness (QED) is 0.866. The minimum atomic E-state index is -3.40. The number of hydrogen-bond donors (Lipinski definition) is 1. The number of nitrogens with zero attached hydrogens (tertiary/aromatic N) is 3. The Morgan fingerprint density at radius 2 is 1.89 bits per heavy atom. The molecule has 0 amide bonds. The van der Waals surface area contributed by atoms with Crippen LogP contribution in [0.2, 0.25) is 0 Å². The Kier molecular flexibility index (Phi) is 4.13. The first-order chi connectivity index (χ1) is 8.64. The van der Waals surface area contributed by atoms with Crippen molar-refractivity contribution in [1.29, 1.82) is 0 Å². The summed E-state index contributed by atoms with van der Waals surface area (Å²) < 4.78 is 25.9. The van der Waals surface area contributed by atoms with Crippen molar-refractivity contribution in [3.05, 3.63) is 12.4 Å². The van der Waals surface area contributed by atoms with Crippen LogP contribution in [0.3, 0.4) is 0 Å². The summed E-state index contributed by atoms with van der Waals surface area (Å²) in [6.07, 6.45) is 5.57. The van der Waals surface area contributed by atoms with E-state index in [0.29, 0.717) is 19.0 Å². The molecule has 0 aromatic carbocycles. The number of hydrogen-bond acceptors (Lipinski definition) is 5. The maximum absolute atomic E-state index is 12.2. The second-order valence-electron chi connectivity index (χ2n) is 4.28. The van der Waals surface area contributed by atoms with Gasteiger partial charge in [-0.2, -0.15) is 4.31 Å². The predicted molar refractivity (Wildman–Crippen MR) is 68.8 cm³/mol. The maximum Gasteiger partial charge on any atom is 0.246 e. The van der Waals surface area contributed by atoms with Gasteiger partial charge in [-0.25, -0.2) is 18.4 Å². The van der Waals surface area contributed by atoms with Gasteiger partial charge in [0, 0.05) is 19.6 Å². The molecule has 1 aliphatic rings. The summed E-state index contributed by atoms with van der Waals surface area (Å²) in [5.74, 6) is 0.470. The van der Waals surface area contributed by atoms with Gasteiger partial charge in [0.15, 0.2) is 0 Å². The molecule has 0 spiro atoms. The van der Waals surface area contributed by atoms with Crippen LogP contribution in [0.1, 0.15) is 26.2 Å². The molecule has 0 saturated carbocycles. The molecule has 0 radical (unpaired) electrons. The van der Waals surface area contributed by atoms with Gasteiger partial charge < -0.3 is 5.32 Å². The van der Waals surface area contributed by atoms with Crippen molar-refractivity contribution >= 4 is 16.0 Å². The van der Waals surface area contributed by atoms with Crippen LogP contribution in [-0.2, 0) is 10.0 Å². The van der Waals surface area contributed by atoms with Crippen LogP contribution in [0, 0.1) is 0 Å². The van der Waals surface area contributed by atoms with Gasteiger partial charge in [-0.1, -0.05) is 6.92 Å². The number of sulfonamides is 1. The third-order valence-corrected chi connectivity index (χ3v) is 4.72. The molecule has 1 N–H and O–H groups in total. The zero-order valence-electron chi connectivity index (χ0n) is 10.5. The second-order valence-corrected chi connectivity index (χ2v) is 6.22. The van der Waals surface area contributed by atoms with Crippen LogP contribution in [-0.4, -0.2) is 42.3 Å². The minimum absolute atomic E-state index is 0.173. The van der Waals surface area contributed by atoms with E-state index < -0.39 is 10.0 Å². The van der Waals surface area contributed by atoms with Gasteiger partial charge >= 0.3 is 0 Å². The molecule has 6 nitrogen and oxygen atoms in total. The molecule has 2 rings (SSSR count). The van der Waals surface area contributed by atoms with Crippen LogP contribution >= 0.6 is 0 Å².